The fourth-order valence-electron chi connectivity index (χ4n) is 2.87. The summed E-state index contributed by atoms with van der Waals surface area (Å²) < 4.78 is 0. The molecular formula is C14H22N4O2. The Morgan fingerprint density at radius 2 is 2.30 bits per heavy atom. The quantitative estimate of drug-likeness (QED) is 0.502. The molecular weight excluding hydrogens is 256 g/mol. The topological polar surface area (TPSA) is 75.6 Å². The molecule has 1 aromatic carbocycles. The molecule has 6 heteroatoms. The number of nitrogens with two attached hydrogens (primary N) is 1. The number of nitrogen functional groups attached to an aromatic ring is 1. The van der Waals surface area contributed by atoms with Crippen molar-refractivity contribution in [1.29, 1.82) is 0 Å². The van der Waals surface area contributed by atoms with Crippen LogP contribution in [0, 0.1) is 16.0 Å². The molecule has 110 valence electrons. The first kappa shape index (κ1) is 14.7. The third-order valence-electron chi connectivity index (χ3n) is 3.87. The van der Waals surface area contributed by atoms with Gasteiger partial charge in [-0.3, -0.25) is 10.1 Å². The van der Waals surface area contributed by atoms with Gasteiger partial charge < -0.3 is 15.5 Å². The van der Waals surface area contributed by atoms with Crippen LogP contribution in [0.3, 0.4) is 0 Å². The average Bonchev–Trinajstić information content (AvgIpc) is 2.77. The Bertz CT molecular complexity index is 492. The van der Waals surface area contributed by atoms with E-state index in [1.807, 2.05) is 13.1 Å². The molecule has 1 aromatic rings. The van der Waals surface area contributed by atoms with Gasteiger partial charge in [0.2, 0.25) is 0 Å². The number of nitrogens with zero attached hydrogens (tertiary/aromatic N) is 3. The lowest BCUT2D eigenvalue weighted by Crippen LogP contribution is -2.27. The first-order valence-electron chi connectivity index (χ1n) is 6.86. The van der Waals surface area contributed by atoms with Crippen LogP contribution in [0.4, 0.5) is 11.4 Å². The van der Waals surface area contributed by atoms with Crippen LogP contribution >= 0.6 is 0 Å². The fraction of sp³-hybridized carbons (Fsp3) is 0.571. The Hall–Kier alpha value is -1.66. The highest BCUT2D eigenvalue weighted by molar-refractivity contribution is 5.62. The van der Waals surface area contributed by atoms with Crippen LogP contribution in [-0.2, 0) is 6.54 Å². The van der Waals surface area contributed by atoms with E-state index in [0.29, 0.717) is 12.5 Å². The summed E-state index contributed by atoms with van der Waals surface area (Å²) in [5, 5.41) is 10.9. The van der Waals surface area contributed by atoms with Crippen molar-refractivity contribution in [2.24, 2.45) is 5.92 Å². The van der Waals surface area contributed by atoms with Crippen molar-refractivity contribution in [2.75, 3.05) is 39.5 Å². The highest BCUT2D eigenvalue weighted by Crippen LogP contribution is 2.26. The number of nitro groups is 1. The molecule has 20 heavy (non-hydrogen) atoms. The van der Waals surface area contributed by atoms with E-state index in [9.17, 15) is 10.1 Å². The maximum absolute atomic E-state index is 10.9. The average molecular weight is 278 g/mol. The van der Waals surface area contributed by atoms with E-state index in [-0.39, 0.29) is 11.4 Å². The standard InChI is InChI=1S/C14H22N4O2/c1-16-7-6-11(8-16)9-17(2)10-12-4-3-5-13(14(12)15)18(19)20/h3-5,11H,6-10,15H2,1-2H3. The lowest BCUT2D eigenvalue weighted by molar-refractivity contribution is -0.384. The van der Waals surface area contributed by atoms with Crippen LogP contribution in [0.5, 0.6) is 0 Å². The van der Waals surface area contributed by atoms with Crippen molar-refractivity contribution >= 4 is 11.4 Å². The molecule has 1 aliphatic heterocycles. The summed E-state index contributed by atoms with van der Waals surface area (Å²) in [5.41, 5.74) is 6.99. The minimum absolute atomic E-state index is 0.00324. The normalized spacial score (nSPS) is 19.6. The zero-order valence-corrected chi connectivity index (χ0v) is 12.1. The van der Waals surface area contributed by atoms with Gasteiger partial charge in [0.1, 0.15) is 5.69 Å². The molecule has 1 saturated heterocycles. The Labute approximate surface area is 119 Å². The molecule has 2 rings (SSSR count). The van der Waals surface area contributed by atoms with Crippen molar-refractivity contribution in [1.82, 2.24) is 9.80 Å². The first-order chi connectivity index (χ1) is 9.47. The van der Waals surface area contributed by atoms with E-state index in [4.69, 9.17) is 5.73 Å². The third-order valence-corrected chi connectivity index (χ3v) is 3.87. The second-order valence-electron chi connectivity index (χ2n) is 5.72. The highest BCUT2D eigenvalue weighted by atomic mass is 16.6. The third kappa shape index (κ3) is 3.46. The summed E-state index contributed by atoms with van der Waals surface area (Å²) in [4.78, 5) is 15.0. The molecule has 0 saturated carbocycles. The van der Waals surface area contributed by atoms with Crippen molar-refractivity contribution in [3.8, 4) is 0 Å². The molecule has 1 fully saturated rings. The SMILES string of the molecule is CN1CCC(CN(C)Cc2cccc([N+](=O)[O-])c2N)C1. The predicted molar refractivity (Wildman–Crippen MR) is 79.4 cm³/mol. The van der Waals surface area contributed by atoms with E-state index in [1.54, 1.807) is 6.07 Å². The lowest BCUT2D eigenvalue weighted by Gasteiger charge is -2.21. The molecule has 6 nitrogen and oxygen atoms in total. The molecule has 1 atom stereocenters. The molecule has 0 radical (unpaired) electrons. The highest BCUT2D eigenvalue weighted by Gasteiger charge is 2.21. The summed E-state index contributed by atoms with van der Waals surface area (Å²) >= 11 is 0. The zero-order chi connectivity index (χ0) is 14.7. The molecule has 1 unspecified atom stereocenters. The molecule has 0 spiro atoms. The van der Waals surface area contributed by atoms with Crippen LogP contribution in [0.1, 0.15) is 12.0 Å². The van der Waals surface area contributed by atoms with E-state index in [1.165, 1.54) is 12.5 Å². The second kappa shape index (κ2) is 6.19. The van der Waals surface area contributed by atoms with Gasteiger partial charge in [-0.1, -0.05) is 12.1 Å². The summed E-state index contributed by atoms with van der Waals surface area (Å²) in [7, 11) is 4.18. The van der Waals surface area contributed by atoms with Crippen LogP contribution in [0.15, 0.2) is 18.2 Å². The molecule has 2 N–H and O–H groups in total. The van der Waals surface area contributed by atoms with Crippen molar-refractivity contribution in [3.63, 3.8) is 0 Å². The maximum atomic E-state index is 10.9. The summed E-state index contributed by atoms with van der Waals surface area (Å²) in [6, 6.07) is 5.01. The molecule has 1 aliphatic rings. The Morgan fingerprint density at radius 1 is 1.55 bits per heavy atom. The van der Waals surface area contributed by atoms with Crippen molar-refractivity contribution in [3.05, 3.63) is 33.9 Å². The maximum Gasteiger partial charge on any atom is 0.292 e. The Morgan fingerprint density at radius 3 is 2.90 bits per heavy atom. The second-order valence-corrected chi connectivity index (χ2v) is 5.72. The fourth-order valence-corrected chi connectivity index (χ4v) is 2.87. The summed E-state index contributed by atoms with van der Waals surface area (Å²) in [5.74, 6) is 0.671. The number of benzene rings is 1. The van der Waals surface area contributed by atoms with Gasteiger partial charge in [0, 0.05) is 25.7 Å². The first-order valence-corrected chi connectivity index (χ1v) is 6.86. The zero-order valence-electron chi connectivity index (χ0n) is 12.1. The predicted octanol–water partition coefficient (Wildman–Crippen LogP) is 1.56. The minimum atomic E-state index is -0.426. The van der Waals surface area contributed by atoms with Gasteiger partial charge in [0.05, 0.1) is 4.92 Å². The van der Waals surface area contributed by atoms with Gasteiger partial charge in [-0.25, -0.2) is 0 Å². The van der Waals surface area contributed by atoms with Gasteiger partial charge in [-0.05, 0) is 38.5 Å². The Kier molecular flexibility index (Phi) is 4.57. The number of hydrogen-bond donors (Lipinski definition) is 1. The van der Waals surface area contributed by atoms with Crippen LogP contribution in [0.25, 0.3) is 0 Å². The smallest absolute Gasteiger partial charge is 0.292 e. The van der Waals surface area contributed by atoms with E-state index in [0.717, 1.165) is 25.2 Å². The largest absolute Gasteiger partial charge is 0.393 e. The summed E-state index contributed by atoms with van der Waals surface area (Å²) in [6.45, 7) is 3.91. The molecule has 0 bridgehead atoms. The molecule has 0 aliphatic carbocycles. The van der Waals surface area contributed by atoms with Crippen LogP contribution in [-0.4, -0.2) is 48.5 Å². The Balaban J connectivity index is 1.99. The monoisotopic (exact) mass is 278 g/mol. The number of hydrogen-bond acceptors (Lipinski definition) is 5. The van der Waals surface area contributed by atoms with Gasteiger partial charge in [-0.2, -0.15) is 0 Å². The van der Waals surface area contributed by atoms with Gasteiger partial charge in [0.25, 0.3) is 5.69 Å². The molecule has 0 amide bonds. The lowest BCUT2D eigenvalue weighted by atomic mass is 10.1. The van der Waals surface area contributed by atoms with Crippen molar-refractivity contribution in [2.45, 2.75) is 13.0 Å². The number of rotatable bonds is 5. The number of anilines is 1. The number of likely N-dealkylation sites (tertiary alicyclic amines) is 1. The number of para-hydroxylation sites is 1. The van der Waals surface area contributed by atoms with Gasteiger partial charge in [-0.15, -0.1) is 0 Å². The minimum Gasteiger partial charge on any atom is -0.393 e. The number of nitro benzene ring substituents is 1. The molecule has 1 heterocycles. The van der Waals surface area contributed by atoms with E-state index >= 15 is 0 Å². The van der Waals surface area contributed by atoms with Crippen molar-refractivity contribution < 1.29 is 4.92 Å². The van der Waals surface area contributed by atoms with Gasteiger partial charge in [0.15, 0.2) is 0 Å². The van der Waals surface area contributed by atoms with E-state index in [2.05, 4.69) is 16.8 Å². The van der Waals surface area contributed by atoms with Crippen LogP contribution < -0.4 is 5.73 Å². The van der Waals surface area contributed by atoms with Crippen LogP contribution in [0.2, 0.25) is 0 Å². The van der Waals surface area contributed by atoms with Gasteiger partial charge >= 0.3 is 0 Å². The molecule has 0 aromatic heterocycles. The van der Waals surface area contributed by atoms with E-state index < -0.39 is 4.92 Å². The summed E-state index contributed by atoms with van der Waals surface area (Å²) in [6.07, 6.45) is 1.21.